The minimum Gasteiger partial charge on any atom is -0.494 e. The summed E-state index contributed by atoms with van der Waals surface area (Å²) in [6, 6.07) is 7.75. The van der Waals surface area contributed by atoms with Crippen LogP contribution in [0.2, 0.25) is 0 Å². The summed E-state index contributed by atoms with van der Waals surface area (Å²) in [6.45, 7) is 4.05. The Kier molecular flexibility index (Phi) is 7.41. The number of benzene rings is 1. The van der Waals surface area contributed by atoms with Crippen molar-refractivity contribution in [1.29, 1.82) is 0 Å². The van der Waals surface area contributed by atoms with Gasteiger partial charge in [-0.2, -0.15) is 4.98 Å². The first-order valence-corrected chi connectivity index (χ1v) is 8.75. The van der Waals surface area contributed by atoms with Crippen LogP contribution < -0.4 is 10.5 Å². The van der Waals surface area contributed by atoms with Crippen molar-refractivity contribution in [1.82, 2.24) is 15.0 Å². The highest BCUT2D eigenvalue weighted by Crippen LogP contribution is 2.20. The van der Waals surface area contributed by atoms with E-state index in [9.17, 15) is 4.79 Å². The molecular weight excluding hydrogens is 356 g/mol. The third-order valence-electron chi connectivity index (χ3n) is 4.34. The third kappa shape index (κ3) is 5.19. The quantitative estimate of drug-likeness (QED) is 0.827. The number of carbonyl (C=O) groups excluding carboxylic acids is 1. The molecule has 0 unspecified atom stereocenters. The summed E-state index contributed by atoms with van der Waals surface area (Å²) in [5.74, 6) is 1.93. The van der Waals surface area contributed by atoms with E-state index in [0.29, 0.717) is 31.2 Å². The predicted octanol–water partition coefficient (Wildman–Crippen LogP) is 2.44. The Balaban J connectivity index is 0.00000243. The lowest BCUT2D eigenvalue weighted by atomic mass is 10.1. The van der Waals surface area contributed by atoms with Crippen LogP contribution in [-0.2, 0) is 11.2 Å². The third-order valence-corrected chi connectivity index (χ3v) is 4.34. The first kappa shape index (κ1) is 20.2. The van der Waals surface area contributed by atoms with Gasteiger partial charge in [-0.3, -0.25) is 4.79 Å². The van der Waals surface area contributed by atoms with Crippen LogP contribution in [0.15, 0.2) is 28.8 Å². The highest BCUT2D eigenvalue weighted by atomic mass is 35.5. The fourth-order valence-electron chi connectivity index (χ4n) is 2.86. The fourth-order valence-corrected chi connectivity index (χ4v) is 2.86. The number of amides is 1. The summed E-state index contributed by atoms with van der Waals surface area (Å²) >= 11 is 0. The van der Waals surface area contributed by atoms with E-state index < -0.39 is 0 Å². The molecule has 142 valence electrons. The number of aromatic nitrogens is 2. The van der Waals surface area contributed by atoms with E-state index in [1.807, 2.05) is 36.1 Å². The van der Waals surface area contributed by atoms with Gasteiger partial charge in [0.1, 0.15) is 5.75 Å². The summed E-state index contributed by atoms with van der Waals surface area (Å²) < 4.78 is 10.7. The minimum absolute atomic E-state index is 0. The number of nitrogens with two attached hydrogens (primary N) is 1. The number of hydrogen-bond donors (Lipinski definition) is 1. The van der Waals surface area contributed by atoms with Gasteiger partial charge in [0.05, 0.1) is 6.61 Å². The Bertz CT molecular complexity index is 697. The molecule has 2 aromatic rings. The summed E-state index contributed by atoms with van der Waals surface area (Å²) in [4.78, 5) is 18.5. The van der Waals surface area contributed by atoms with Crippen LogP contribution in [0.25, 0.3) is 11.4 Å². The van der Waals surface area contributed by atoms with Crippen molar-refractivity contribution in [3.63, 3.8) is 0 Å². The van der Waals surface area contributed by atoms with Crippen molar-refractivity contribution < 1.29 is 14.1 Å². The largest absolute Gasteiger partial charge is 0.494 e. The molecule has 1 amide bonds. The number of hydrogen-bond acceptors (Lipinski definition) is 6. The van der Waals surface area contributed by atoms with Gasteiger partial charge >= 0.3 is 0 Å². The van der Waals surface area contributed by atoms with Crippen molar-refractivity contribution in [3.05, 3.63) is 30.2 Å². The van der Waals surface area contributed by atoms with E-state index in [1.54, 1.807) is 0 Å². The fraction of sp³-hybridized carbons (Fsp3) is 0.500. The normalized spacial score (nSPS) is 14.8. The van der Waals surface area contributed by atoms with Gasteiger partial charge in [0, 0.05) is 37.5 Å². The van der Waals surface area contributed by atoms with E-state index >= 15 is 0 Å². The van der Waals surface area contributed by atoms with Crippen LogP contribution in [0.5, 0.6) is 5.75 Å². The molecule has 0 aliphatic carbocycles. The lowest BCUT2D eigenvalue weighted by Gasteiger charge is -2.30. The lowest BCUT2D eigenvalue weighted by molar-refractivity contribution is -0.132. The highest BCUT2D eigenvalue weighted by Gasteiger charge is 2.21. The zero-order chi connectivity index (χ0) is 17.6. The second-order valence-electron chi connectivity index (χ2n) is 6.19. The van der Waals surface area contributed by atoms with Gasteiger partial charge in [0.2, 0.25) is 17.6 Å². The maximum atomic E-state index is 12.2. The average Bonchev–Trinajstić information content (AvgIpc) is 3.10. The summed E-state index contributed by atoms with van der Waals surface area (Å²) in [5, 5.41) is 3.99. The maximum absolute atomic E-state index is 12.2. The van der Waals surface area contributed by atoms with Crippen molar-refractivity contribution in [2.24, 2.45) is 5.73 Å². The van der Waals surface area contributed by atoms with Gasteiger partial charge in [0.25, 0.3) is 0 Å². The molecule has 3 rings (SSSR count). The van der Waals surface area contributed by atoms with Gasteiger partial charge in [0.15, 0.2) is 0 Å². The van der Waals surface area contributed by atoms with E-state index in [0.717, 1.165) is 37.2 Å². The number of aryl methyl sites for hydroxylation is 1. The van der Waals surface area contributed by atoms with E-state index in [-0.39, 0.29) is 24.4 Å². The summed E-state index contributed by atoms with van der Waals surface area (Å²) in [7, 11) is 0. The molecule has 7 nitrogen and oxygen atoms in total. The SMILES string of the molecule is CCOc1ccc(-c2noc(CCC(=O)N3CCC(N)CC3)n2)cc1.Cl. The molecule has 1 aromatic carbocycles. The molecule has 0 atom stereocenters. The number of likely N-dealkylation sites (tertiary alicyclic amines) is 1. The molecule has 0 saturated carbocycles. The predicted molar refractivity (Wildman–Crippen MR) is 100 cm³/mol. The van der Waals surface area contributed by atoms with Crippen LogP contribution in [0.4, 0.5) is 0 Å². The number of halogens is 1. The second kappa shape index (κ2) is 9.54. The zero-order valence-corrected chi connectivity index (χ0v) is 15.7. The van der Waals surface area contributed by atoms with Crippen LogP contribution in [0, 0.1) is 0 Å². The van der Waals surface area contributed by atoms with E-state index in [2.05, 4.69) is 10.1 Å². The Morgan fingerprint density at radius 2 is 2.00 bits per heavy atom. The number of ether oxygens (including phenoxy) is 1. The number of piperidine rings is 1. The van der Waals surface area contributed by atoms with E-state index in [4.69, 9.17) is 15.0 Å². The number of carbonyl (C=O) groups is 1. The molecule has 0 spiro atoms. The van der Waals surface area contributed by atoms with Gasteiger partial charge in [-0.15, -0.1) is 12.4 Å². The topological polar surface area (TPSA) is 94.5 Å². The molecule has 0 radical (unpaired) electrons. The second-order valence-corrected chi connectivity index (χ2v) is 6.19. The smallest absolute Gasteiger partial charge is 0.227 e. The molecule has 0 bridgehead atoms. The van der Waals surface area contributed by atoms with Crippen LogP contribution in [0.1, 0.15) is 32.1 Å². The first-order valence-electron chi connectivity index (χ1n) is 8.75. The molecule has 1 aromatic heterocycles. The standard InChI is InChI=1S/C18H24N4O3.ClH/c1-2-24-15-5-3-13(4-6-15)18-20-16(25-21-18)7-8-17(23)22-11-9-14(19)10-12-22;/h3-6,14H,2,7-12,19H2,1H3;1H. The zero-order valence-electron chi connectivity index (χ0n) is 14.9. The monoisotopic (exact) mass is 380 g/mol. The summed E-state index contributed by atoms with van der Waals surface area (Å²) in [5.41, 5.74) is 6.72. The highest BCUT2D eigenvalue weighted by molar-refractivity contribution is 5.85. The van der Waals surface area contributed by atoms with E-state index in [1.165, 1.54) is 0 Å². The molecule has 1 aliphatic rings. The van der Waals surface area contributed by atoms with Crippen molar-refractivity contribution in [3.8, 4) is 17.1 Å². The van der Waals surface area contributed by atoms with Gasteiger partial charge in [-0.1, -0.05) is 5.16 Å². The number of nitrogens with zero attached hydrogens (tertiary/aromatic N) is 3. The first-order chi connectivity index (χ1) is 12.2. The molecule has 1 saturated heterocycles. The Labute approximate surface area is 159 Å². The van der Waals surface area contributed by atoms with Crippen molar-refractivity contribution in [2.45, 2.75) is 38.6 Å². The molecule has 26 heavy (non-hydrogen) atoms. The molecule has 2 heterocycles. The van der Waals surface area contributed by atoms with Crippen molar-refractivity contribution in [2.75, 3.05) is 19.7 Å². The van der Waals surface area contributed by atoms with Gasteiger partial charge < -0.3 is 19.9 Å². The van der Waals surface area contributed by atoms with Crippen LogP contribution in [-0.4, -0.2) is 46.7 Å². The minimum atomic E-state index is 0. The molecule has 1 aliphatic heterocycles. The Morgan fingerprint density at radius 3 is 2.65 bits per heavy atom. The molecule has 2 N–H and O–H groups in total. The van der Waals surface area contributed by atoms with Gasteiger partial charge in [-0.25, -0.2) is 0 Å². The maximum Gasteiger partial charge on any atom is 0.227 e. The molecule has 1 fully saturated rings. The van der Waals surface area contributed by atoms with Gasteiger partial charge in [-0.05, 0) is 44.0 Å². The summed E-state index contributed by atoms with van der Waals surface area (Å²) in [6.07, 6.45) is 2.56. The Hall–Kier alpha value is -2.12. The van der Waals surface area contributed by atoms with Crippen LogP contribution >= 0.6 is 12.4 Å². The average molecular weight is 381 g/mol. The molecule has 8 heteroatoms. The lowest BCUT2D eigenvalue weighted by Crippen LogP contribution is -2.42. The van der Waals surface area contributed by atoms with Crippen LogP contribution in [0.3, 0.4) is 0 Å². The number of rotatable bonds is 6. The van der Waals surface area contributed by atoms with Crippen molar-refractivity contribution >= 4 is 18.3 Å². The molecular formula is C18H25ClN4O3. The Morgan fingerprint density at radius 1 is 1.31 bits per heavy atom.